The number of hydrogen-bond acceptors (Lipinski definition) is 10. The summed E-state index contributed by atoms with van der Waals surface area (Å²) in [4.78, 5) is 38.1. The second-order valence-corrected chi connectivity index (χ2v) is 11.2. The molecule has 0 aliphatic heterocycles. The highest BCUT2D eigenvalue weighted by atomic mass is 16.6. The fourth-order valence-electron chi connectivity index (χ4n) is 6.34. The van der Waals surface area contributed by atoms with Crippen LogP contribution in [-0.2, 0) is 41.8 Å². The van der Waals surface area contributed by atoms with Crippen LogP contribution >= 0.6 is 0 Å². The van der Waals surface area contributed by atoms with E-state index in [4.69, 9.17) is 28.4 Å². The minimum absolute atomic E-state index is 0.0256. The first-order chi connectivity index (χ1) is 22.7. The maximum absolute atomic E-state index is 13.3. The molecule has 11 nitrogen and oxygen atoms in total. The summed E-state index contributed by atoms with van der Waals surface area (Å²) in [5.74, 6) is -1.83. The summed E-state index contributed by atoms with van der Waals surface area (Å²) < 4.78 is 36.2. The molecular weight excluding hydrogens is 606 g/mol. The fourth-order valence-corrected chi connectivity index (χ4v) is 6.34. The minimum atomic E-state index is -1.59. The lowest BCUT2D eigenvalue weighted by atomic mass is 9.72. The zero-order valence-corrected chi connectivity index (χ0v) is 26.6. The van der Waals surface area contributed by atoms with E-state index in [0.717, 1.165) is 16.5 Å². The molecule has 0 heterocycles. The van der Waals surface area contributed by atoms with Crippen molar-refractivity contribution < 1.29 is 42.9 Å². The molecule has 0 amide bonds. The van der Waals surface area contributed by atoms with Crippen molar-refractivity contribution in [2.24, 2.45) is 0 Å². The van der Waals surface area contributed by atoms with Crippen molar-refractivity contribution in [1.29, 1.82) is 0 Å². The molecule has 0 aromatic heterocycles. The summed E-state index contributed by atoms with van der Waals surface area (Å²) in [5.41, 5.74) is 1.88. The van der Waals surface area contributed by atoms with Crippen molar-refractivity contribution in [1.82, 2.24) is 0 Å². The van der Waals surface area contributed by atoms with Gasteiger partial charge in [0.05, 0.1) is 33.4 Å². The molecule has 0 saturated heterocycles. The molecule has 1 aliphatic rings. The van der Waals surface area contributed by atoms with Crippen molar-refractivity contribution in [2.75, 3.05) is 14.2 Å². The number of benzene rings is 4. The Labute approximate surface area is 272 Å². The third-order valence-electron chi connectivity index (χ3n) is 8.22. The molecule has 6 atom stereocenters. The van der Waals surface area contributed by atoms with Gasteiger partial charge in [0.2, 0.25) is 0 Å². The molecule has 1 fully saturated rings. The van der Waals surface area contributed by atoms with E-state index in [1.165, 1.54) is 28.1 Å². The number of carbonyl (C=O) groups excluding carboxylic acids is 2. The molecule has 0 bridgehead atoms. The second-order valence-electron chi connectivity index (χ2n) is 11.2. The van der Waals surface area contributed by atoms with Crippen LogP contribution in [0.15, 0.2) is 91.0 Å². The molecule has 47 heavy (non-hydrogen) atoms. The van der Waals surface area contributed by atoms with Gasteiger partial charge in [0, 0.05) is 35.1 Å². The van der Waals surface area contributed by atoms with Crippen LogP contribution in [0.5, 0.6) is 11.5 Å². The molecule has 4 aromatic rings. The number of rotatable bonds is 12. The van der Waals surface area contributed by atoms with E-state index in [-0.39, 0.29) is 13.2 Å². The zero-order chi connectivity index (χ0) is 33.5. The Kier molecular flexibility index (Phi) is 10.7. The number of nitrogens with zero attached hydrogens (tertiary/aromatic N) is 1. The zero-order valence-electron chi connectivity index (χ0n) is 26.6. The van der Waals surface area contributed by atoms with E-state index in [9.17, 15) is 19.7 Å². The van der Waals surface area contributed by atoms with Crippen LogP contribution in [0, 0.1) is 10.1 Å². The normalized spacial score (nSPS) is 22.3. The van der Waals surface area contributed by atoms with Gasteiger partial charge in [-0.15, -0.1) is 0 Å². The maximum Gasteiger partial charge on any atom is 0.303 e. The van der Waals surface area contributed by atoms with E-state index < -0.39 is 53.2 Å². The lowest BCUT2D eigenvalue weighted by Gasteiger charge is -2.46. The predicted molar refractivity (Wildman–Crippen MR) is 172 cm³/mol. The molecule has 0 unspecified atom stereocenters. The highest BCUT2D eigenvalue weighted by molar-refractivity contribution is 5.95. The summed E-state index contributed by atoms with van der Waals surface area (Å²) in [6.45, 7) is 2.42. The van der Waals surface area contributed by atoms with Crippen molar-refractivity contribution in [2.45, 2.75) is 63.4 Å². The van der Waals surface area contributed by atoms with Crippen LogP contribution < -0.4 is 9.47 Å². The number of nitro groups is 1. The van der Waals surface area contributed by atoms with Crippen molar-refractivity contribution >= 4 is 22.7 Å². The maximum atomic E-state index is 13.3. The highest BCUT2D eigenvalue weighted by Gasteiger charge is 2.62. The fraction of sp³-hybridized carbons (Fsp3) is 0.333. The average Bonchev–Trinajstić information content (AvgIpc) is 3.06. The summed E-state index contributed by atoms with van der Waals surface area (Å²) in [5, 5.41) is 14.6. The average molecular weight is 644 g/mol. The van der Waals surface area contributed by atoms with Gasteiger partial charge in [0.25, 0.3) is 6.04 Å². The molecule has 1 saturated carbocycles. The van der Waals surface area contributed by atoms with Crippen LogP contribution in [0.4, 0.5) is 0 Å². The van der Waals surface area contributed by atoms with E-state index >= 15 is 0 Å². The largest absolute Gasteiger partial charge is 0.496 e. The first-order valence-corrected chi connectivity index (χ1v) is 15.2. The standard InChI is InChI=1S/C36H37NO10/c1-22(38)46-33-30(28-19-29(42-3)26-17-11-12-18-27(26)32(28)43-4)31(37(40)41)34(44-20-24-13-7-5-8-14-24)36(47-23(2)39)35(33)45-21-25-15-9-6-10-16-25/h5-19,30-31,33-36H,20-21H2,1-4H3/t30-,31+,33+,34-,35-,36-/m1/s1. The molecule has 11 heteroatoms. The third-order valence-corrected chi connectivity index (χ3v) is 8.22. The molecule has 5 rings (SSSR count). The van der Waals surface area contributed by atoms with Gasteiger partial charge < -0.3 is 28.4 Å². The minimum Gasteiger partial charge on any atom is -0.496 e. The summed E-state index contributed by atoms with van der Waals surface area (Å²) in [6.07, 6.45) is -5.17. The molecule has 1 aliphatic carbocycles. The van der Waals surface area contributed by atoms with E-state index in [0.29, 0.717) is 22.4 Å². The number of methoxy groups -OCH3 is 2. The molecule has 246 valence electrons. The Morgan fingerprint density at radius 3 is 1.70 bits per heavy atom. The van der Waals surface area contributed by atoms with Crippen LogP contribution in [-0.4, -0.2) is 61.5 Å². The van der Waals surface area contributed by atoms with Crippen LogP contribution in [0.1, 0.15) is 36.5 Å². The monoisotopic (exact) mass is 643 g/mol. The Morgan fingerprint density at radius 1 is 0.681 bits per heavy atom. The Hall–Kier alpha value is -5.00. The number of hydrogen-bond donors (Lipinski definition) is 0. The van der Waals surface area contributed by atoms with Crippen LogP contribution in [0.2, 0.25) is 0 Å². The van der Waals surface area contributed by atoms with Gasteiger partial charge >= 0.3 is 11.9 Å². The van der Waals surface area contributed by atoms with Crippen molar-refractivity contribution in [3.8, 4) is 11.5 Å². The molecular formula is C36H37NO10. The lowest BCUT2D eigenvalue weighted by molar-refractivity contribution is -0.551. The Morgan fingerprint density at radius 2 is 1.19 bits per heavy atom. The number of ether oxygens (including phenoxy) is 6. The van der Waals surface area contributed by atoms with E-state index in [1.807, 2.05) is 84.9 Å². The van der Waals surface area contributed by atoms with Crippen molar-refractivity contribution in [3.05, 3.63) is 118 Å². The highest BCUT2D eigenvalue weighted by Crippen LogP contribution is 2.48. The summed E-state index contributed by atoms with van der Waals surface area (Å²) >= 11 is 0. The van der Waals surface area contributed by atoms with E-state index in [2.05, 4.69) is 0 Å². The quantitative estimate of drug-likeness (QED) is 0.109. The van der Waals surface area contributed by atoms with Crippen molar-refractivity contribution in [3.63, 3.8) is 0 Å². The summed E-state index contributed by atoms with van der Waals surface area (Å²) in [7, 11) is 2.97. The molecule has 0 N–H and O–H groups in total. The third kappa shape index (κ3) is 7.37. The number of fused-ring (bicyclic) bond motifs is 1. The Balaban J connectivity index is 1.74. The smallest absolute Gasteiger partial charge is 0.303 e. The Bertz CT molecular complexity index is 1700. The summed E-state index contributed by atoms with van der Waals surface area (Å²) in [6, 6.07) is 25.8. The van der Waals surface area contributed by atoms with Gasteiger partial charge in [-0.3, -0.25) is 19.7 Å². The first-order valence-electron chi connectivity index (χ1n) is 15.2. The predicted octanol–water partition coefficient (Wildman–Crippen LogP) is 5.63. The first kappa shape index (κ1) is 33.4. The van der Waals surface area contributed by atoms with Crippen LogP contribution in [0.25, 0.3) is 10.8 Å². The number of carbonyl (C=O) groups is 2. The van der Waals surface area contributed by atoms with Gasteiger partial charge in [0.1, 0.15) is 23.7 Å². The van der Waals surface area contributed by atoms with E-state index in [1.54, 1.807) is 6.07 Å². The second kappa shape index (κ2) is 15.1. The lowest BCUT2D eigenvalue weighted by Crippen LogP contribution is -2.65. The van der Waals surface area contributed by atoms with Gasteiger partial charge in [-0.2, -0.15) is 0 Å². The van der Waals surface area contributed by atoms with Gasteiger partial charge in [-0.1, -0.05) is 84.9 Å². The SMILES string of the molecule is COc1cc([C@H]2[C@H](OC(C)=O)[C@@H](OCc3ccccc3)[C@H](OC(C)=O)[C@H](OCc3ccccc3)[C@H]2[N+](=O)[O-])c(OC)c2ccccc12. The van der Waals surface area contributed by atoms with Crippen LogP contribution in [0.3, 0.4) is 0 Å². The van der Waals surface area contributed by atoms with Gasteiger partial charge in [-0.05, 0) is 17.2 Å². The van der Waals surface area contributed by atoms with Gasteiger partial charge in [-0.25, -0.2) is 0 Å². The number of esters is 2. The topological polar surface area (TPSA) is 133 Å². The molecule has 0 radical (unpaired) electrons. The molecule has 0 spiro atoms. The van der Waals surface area contributed by atoms with Gasteiger partial charge in [0.15, 0.2) is 12.2 Å². The molecule has 4 aromatic carbocycles.